The number of nitrogens with zero attached hydrogens (tertiary/aromatic N) is 7. The molecular weight excluding hydrogens is 472 g/mol. The molecule has 1 N–H and O–H groups in total. The third kappa shape index (κ3) is 3.87. The van der Waals surface area contributed by atoms with Crippen LogP contribution in [0.2, 0.25) is 0 Å². The van der Waals surface area contributed by atoms with Crippen molar-refractivity contribution >= 4 is 38.6 Å². The molecule has 5 rings (SSSR count). The minimum absolute atomic E-state index is 0.204. The molecule has 0 radical (unpaired) electrons. The Labute approximate surface area is 191 Å². The standard InChI is InChI=1S/C22H17BrN8O/c1-14-20(27-29-31(14)19-7-3-5-16-11-24-9-8-18(16)19)21(32)26-22-25-13-30(28-22)12-15-4-2-6-17(23)10-15/h2-11,13H,12H2,1H3,(H,26,28,32). The maximum Gasteiger partial charge on any atom is 0.280 e. The molecule has 3 aromatic heterocycles. The summed E-state index contributed by atoms with van der Waals surface area (Å²) in [6.45, 7) is 2.34. The number of pyridine rings is 1. The average molecular weight is 489 g/mol. The van der Waals surface area contributed by atoms with Crippen LogP contribution < -0.4 is 5.32 Å². The minimum atomic E-state index is -0.421. The maximum atomic E-state index is 12.8. The molecule has 5 aromatic rings. The molecule has 0 saturated heterocycles. The minimum Gasteiger partial charge on any atom is -0.288 e. The van der Waals surface area contributed by atoms with Gasteiger partial charge in [0.05, 0.1) is 17.9 Å². The van der Waals surface area contributed by atoms with Crippen LogP contribution in [0.1, 0.15) is 21.7 Å². The molecule has 10 heteroatoms. The van der Waals surface area contributed by atoms with Gasteiger partial charge in [-0.05, 0) is 36.8 Å². The van der Waals surface area contributed by atoms with Crippen molar-refractivity contribution in [1.82, 2.24) is 34.7 Å². The quantitative estimate of drug-likeness (QED) is 0.403. The predicted molar refractivity (Wildman–Crippen MR) is 123 cm³/mol. The van der Waals surface area contributed by atoms with Gasteiger partial charge >= 0.3 is 0 Å². The highest BCUT2D eigenvalue weighted by Gasteiger charge is 2.19. The van der Waals surface area contributed by atoms with Gasteiger partial charge in [0.1, 0.15) is 6.33 Å². The summed E-state index contributed by atoms with van der Waals surface area (Å²) in [5.74, 6) is -0.217. The van der Waals surface area contributed by atoms with Crippen LogP contribution in [0.5, 0.6) is 0 Å². The normalized spacial score (nSPS) is 11.1. The number of halogens is 1. The summed E-state index contributed by atoms with van der Waals surface area (Å²) in [5, 5.41) is 17.3. The van der Waals surface area contributed by atoms with Crippen molar-refractivity contribution in [3.8, 4) is 5.69 Å². The molecule has 0 unspecified atom stereocenters. The zero-order valence-corrected chi connectivity index (χ0v) is 18.6. The fourth-order valence-electron chi connectivity index (χ4n) is 3.47. The van der Waals surface area contributed by atoms with Crippen LogP contribution in [0.15, 0.2) is 71.7 Å². The lowest BCUT2D eigenvalue weighted by molar-refractivity contribution is 0.102. The van der Waals surface area contributed by atoms with E-state index in [0.717, 1.165) is 26.5 Å². The van der Waals surface area contributed by atoms with Gasteiger partial charge in [0.15, 0.2) is 5.69 Å². The topological polar surface area (TPSA) is 103 Å². The van der Waals surface area contributed by atoms with E-state index in [1.165, 1.54) is 0 Å². The van der Waals surface area contributed by atoms with Crippen LogP contribution in [0, 0.1) is 6.92 Å². The first-order valence-corrected chi connectivity index (χ1v) is 10.6. The molecule has 0 aliphatic carbocycles. The second-order valence-corrected chi connectivity index (χ2v) is 8.07. The van der Waals surface area contributed by atoms with Gasteiger partial charge in [0, 0.05) is 27.6 Å². The number of rotatable bonds is 5. The SMILES string of the molecule is Cc1c(C(=O)Nc2ncn(Cc3cccc(Br)c3)n2)nnn1-c1cccc2cnccc12. The van der Waals surface area contributed by atoms with E-state index in [1.807, 2.05) is 48.5 Å². The smallest absolute Gasteiger partial charge is 0.280 e. The van der Waals surface area contributed by atoms with Crippen LogP contribution in [-0.4, -0.2) is 40.6 Å². The van der Waals surface area contributed by atoms with Crippen LogP contribution in [0.3, 0.4) is 0 Å². The Morgan fingerprint density at radius 3 is 2.91 bits per heavy atom. The number of carbonyl (C=O) groups is 1. The van der Waals surface area contributed by atoms with E-state index in [-0.39, 0.29) is 11.6 Å². The van der Waals surface area contributed by atoms with E-state index in [0.29, 0.717) is 12.2 Å². The van der Waals surface area contributed by atoms with Gasteiger partial charge < -0.3 is 0 Å². The van der Waals surface area contributed by atoms with Gasteiger partial charge in [-0.15, -0.1) is 10.2 Å². The highest BCUT2D eigenvalue weighted by Crippen LogP contribution is 2.22. The summed E-state index contributed by atoms with van der Waals surface area (Å²) in [6.07, 6.45) is 5.08. The Balaban J connectivity index is 1.36. The Hall–Kier alpha value is -3.92. The third-order valence-corrected chi connectivity index (χ3v) is 5.48. The lowest BCUT2D eigenvalue weighted by Gasteiger charge is -2.07. The number of nitrogens with one attached hydrogen (secondary N) is 1. The van der Waals surface area contributed by atoms with Gasteiger partial charge in [-0.1, -0.05) is 45.4 Å². The van der Waals surface area contributed by atoms with E-state index >= 15 is 0 Å². The van der Waals surface area contributed by atoms with E-state index in [4.69, 9.17) is 0 Å². The van der Waals surface area contributed by atoms with E-state index in [2.05, 4.69) is 46.6 Å². The van der Waals surface area contributed by atoms with Crippen LogP contribution >= 0.6 is 15.9 Å². The molecule has 9 nitrogen and oxygen atoms in total. The number of carbonyl (C=O) groups excluding carboxylic acids is 1. The maximum absolute atomic E-state index is 12.8. The fourth-order valence-corrected chi connectivity index (χ4v) is 3.92. The number of amides is 1. The zero-order valence-electron chi connectivity index (χ0n) is 17.0. The summed E-state index contributed by atoms with van der Waals surface area (Å²) in [4.78, 5) is 21.2. The number of aromatic nitrogens is 7. The predicted octanol–water partition coefficient (Wildman–Crippen LogP) is 3.78. The second kappa shape index (κ2) is 8.31. The average Bonchev–Trinajstić information content (AvgIpc) is 3.39. The highest BCUT2D eigenvalue weighted by atomic mass is 79.9. The fraction of sp³-hybridized carbons (Fsp3) is 0.0909. The van der Waals surface area contributed by atoms with Crippen molar-refractivity contribution in [1.29, 1.82) is 0 Å². The van der Waals surface area contributed by atoms with Crippen molar-refractivity contribution in [3.63, 3.8) is 0 Å². The van der Waals surface area contributed by atoms with E-state index in [1.54, 1.807) is 35.0 Å². The van der Waals surface area contributed by atoms with Gasteiger partial charge in [0.2, 0.25) is 5.95 Å². The number of fused-ring (bicyclic) bond motifs is 1. The lowest BCUT2D eigenvalue weighted by atomic mass is 10.1. The molecule has 158 valence electrons. The summed E-state index contributed by atoms with van der Waals surface area (Å²) in [7, 11) is 0. The monoisotopic (exact) mass is 488 g/mol. The van der Waals surface area contributed by atoms with Crippen LogP contribution in [0.4, 0.5) is 5.95 Å². The Bertz CT molecular complexity index is 1440. The van der Waals surface area contributed by atoms with Crippen molar-refractivity contribution in [3.05, 3.63) is 88.7 Å². The number of benzene rings is 2. The van der Waals surface area contributed by atoms with Gasteiger partial charge in [-0.2, -0.15) is 0 Å². The summed E-state index contributed by atoms with van der Waals surface area (Å²) < 4.78 is 4.30. The van der Waals surface area contributed by atoms with E-state index in [9.17, 15) is 4.79 Å². The van der Waals surface area contributed by atoms with Gasteiger partial charge in [-0.25, -0.2) is 14.3 Å². The van der Waals surface area contributed by atoms with Gasteiger partial charge in [-0.3, -0.25) is 15.1 Å². The van der Waals surface area contributed by atoms with Gasteiger partial charge in [0.25, 0.3) is 5.91 Å². The molecule has 3 heterocycles. The third-order valence-electron chi connectivity index (χ3n) is 4.99. The first-order chi connectivity index (χ1) is 15.6. The molecule has 0 atom stereocenters. The molecule has 2 aromatic carbocycles. The Morgan fingerprint density at radius 2 is 2.03 bits per heavy atom. The molecule has 0 fully saturated rings. The first-order valence-electron chi connectivity index (χ1n) is 9.79. The molecule has 0 spiro atoms. The van der Waals surface area contributed by atoms with Crippen molar-refractivity contribution < 1.29 is 4.79 Å². The van der Waals surface area contributed by atoms with Crippen LogP contribution in [-0.2, 0) is 6.54 Å². The lowest BCUT2D eigenvalue weighted by Crippen LogP contribution is -2.15. The molecule has 0 aliphatic heterocycles. The summed E-state index contributed by atoms with van der Waals surface area (Å²) >= 11 is 3.46. The van der Waals surface area contributed by atoms with Crippen LogP contribution in [0.25, 0.3) is 16.5 Å². The van der Waals surface area contributed by atoms with Crippen molar-refractivity contribution in [2.45, 2.75) is 13.5 Å². The number of hydrogen-bond donors (Lipinski definition) is 1. The number of hydrogen-bond acceptors (Lipinski definition) is 6. The van der Waals surface area contributed by atoms with Crippen molar-refractivity contribution in [2.75, 3.05) is 5.32 Å². The van der Waals surface area contributed by atoms with Crippen molar-refractivity contribution in [2.24, 2.45) is 0 Å². The molecule has 32 heavy (non-hydrogen) atoms. The highest BCUT2D eigenvalue weighted by molar-refractivity contribution is 9.10. The summed E-state index contributed by atoms with van der Waals surface area (Å²) in [6, 6.07) is 15.6. The number of anilines is 1. The first kappa shape index (κ1) is 20.0. The molecular formula is C22H17BrN8O. The molecule has 0 bridgehead atoms. The Kier molecular flexibility index (Phi) is 5.20. The zero-order chi connectivity index (χ0) is 22.1. The summed E-state index contributed by atoms with van der Waals surface area (Å²) in [5.41, 5.74) is 2.70. The second-order valence-electron chi connectivity index (χ2n) is 7.16. The molecule has 1 amide bonds. The largest absolute Gasteiger partial charge is 0.288 e. The molecule has 0 saturated carbocycles. The molecule has 0 aliphatic rings. The van der Waals surface area contributed by atoms with E-state index < -0.39 is 5.91 Å². The Morgan fingerprint density at radius 1 is 1.16 bits per heavy atom.